The predicted molar refractivity (Wildman–Crippen MR) is 80.2 cm³/mol. The fourth-order valence-electron chi connectivity index (χ4n) is 1.64. The molecule has 3 rings (SSSR count). The second-order valence-electron chi connectivity index (χ2n) is 4.28. The first-order chi connectivity index (χ1) is 9.17. The normalized spacial score (nSPS) is 14.1. The highest BCUT2D eigenvalue weighted by Gasteiger charge is 2.28. The van der Waals surface area contributed by atoms with Crippen molar-refractivity contribution in [2.75, 3.05) is 5.73 Å². The molecule has 19 heavy (non-hydrogen) atoms. The second kappa shape index (κ2) is 4.94. The van der Waals surface area contributed by atoms with E-state index >= 15 is 0 Å². The lowest BCUT2D eigenvalue weighted by Gasteiger charge is -2.07. The molecule has 0 aliphatic heterocycles. The van der Waals surface area contributed by atoms with Crippen LogP contribution in [-0.4, -0.2) is 9.36 Å². The van der Waals surface area contributed by atoms with Gasteiger partial charge in [-0.1, -0.05) is 0 Å². The maximum Gasteiger partial charge on any atom is 0.298 e. The average Bonchev–Trinajstić information content (AvgIpc) is 3.14. The molecule has 2 N–H and O–H groups in total. The Kier molecular flexibility index (Phi) is 3.28. The lowest BCUT2D eigenvalue weighted by atomic mass is 10.2. The molecule has 7 heteroatoms. The minimum atomic E-state index is 0.437. The summed E-state index contributed by atoms with van der Waals surface area (Å²) in [7, 11) is 0. The van der Waals surface area contributed by atoms with Crippen molar-refractivity contribution in [2.45, 2.75) is 18.8 Å². The van der Waals surface area contributed by atoms with Crippen molar-refractivity contribution in [1.82, 2.24) is 9.36 Å². The smallest absolute Gasteiger partial charge is 0.298 e. The molecule has 2 aromatic rings. The maximum atomic E-state index is 8.87. The lowest BCUT2D eigenvalue weighted by molar-refractivity contribution is 0.476. The van der Waals surface area contributed by atoms with Crippen LogP contribution in [0.2, 0.25) is 0 Å². The lowest BCUT2D eigenvalue weighted by Crippen LogP contribution is -1.96. The van der Waals surface area contributed by atoms with E-state index in [1.165, 1.54) is 11.5 Å². The Morgan fingerprint density at radius 2 is 2.26 bits per heavy atom. The number of benzene rings is 1. The van der Waals surface area contributed by atoms with Crippen LogP contribution in [0, 0.1) is 14.9 Å². The number of nitrogens with two attached hydrogens (primary N) is 1. The van der Waals surface area contributed by atoms with E-state index in [0.29, 0.717) is 28.1 Å². The molecule has 1 aliphatic rings. The van der Waals surface area contributed by atoms with Crippen molar-refractivity contribution in [3.63, 3.8) is 0 Å². The van der Waals surface area contributed by atoms with Gasteiger partial charge in [-0.25, -0.2) is 0 Å². The number of nitrogens with zero attached hydrogens (tertiary/aromatic N) is 3. The van der Waals surface area contributed by atoms with Gasteiger partial charge in [0.2, 0.25) is 0 Å². The fraction of sp³-hybridized carbons (Fsp3) is 0.250. The molecule has 0 spiro atoms. The minimum Gasteiger partial charge on any atom is -0.426 e. The van der Waals surface area contributed by atoms with Crippen LogP contribution in [0.4, 0.5) is 5.69 Å². The van der Waals surface area contributed by atoms with E-state index < -0.39 is 0 Å². The third-order valence-electron chi connectivity index (χ3n) is 2.76. The van der Waals surface area contributed by atoms with Gasteiger partial charge in [-0.15, -0.1) is 0 Å². The Morgan fingerprint density at radius 3 is 2.89 bits per heavy atom. The molecule has 5 nitrogen and oxygen atoms in total. The highest BCUT2D eigenvalue weighted by molar-refractivity contribution is 14.1. The molecule has 0 bridgehead atoms. The van der Waals surface area contributed by atoms with Gasteiger partial charge in [0.05, 0.1) is 20.9 Å². The number of halogens is 1. The number of aromatic nitrogens is 2. The molecule has 1 fully saturated rings. The molecule has 96 valence electrons. The summed E-state index contributed by atoms with van der Waals surface area (Å²) >= 11 is 3.33. The molecule has 0 amide bonds. The quantitative estimate of drug-likeness (QED) is 0.649. The van der Waals surface area contributed by atoms with Gasteiger partial charge in [0.1, 0.15) is 5.82 Å². The predicted octanol–water partition coefficient (Wildman–Crippen LogP) is 3.27. The van der Waals surface area contributed by atoms with E-state index in [4.69, 9.17) is 15.7 Å². The number of nitriles is 1. The Hall–Kier alpha value is -1.40. The Bertz CT molecular complexity index is 652. The van der Waals surface area contributed by atoms with Crippen LogP contribution in [0.15, 0.2) is 12.1 Å². The van der Waals surface area contributed by atoms with E-state index in [0.717, 1.165) is 22.2 Å². The highest BCUT2D eigenvalue weighted by atomic mass is 127. The van der Waals surface area contributed by atoms with Crippen LogP contribution in [0.3, 0.4) is 0 Å². The molecule has 0 radical (unpaired) electrons. The van der Waals surface area contributed by atoms with Crippen LogP contribution in [0.1, 0.15) is 30.1 Å². The summed E-state index contributed by atoms with van der Waals surface area (Å²) < 4.78 is 10.8. The topological polar surface area (TPSA) is 84.8 Å². The number of rotatable bonds is 3. The van der Waals surface area contributed by atoms with Gasteiger partial charge in [-0.05, 0) is 47.6 Å². The number of hydrogen-bond donors (Lipinski definition) is 1. The maximum absolute atomic E-state index is 8.87. The number of anilines is 1. The summed E-state index contributed by atoms with van der Waals surface area (Å²) in [5.74, 6) is 1.91. The molecular formula is C12H9IN4OS. The number of nitrogen functional groups attached to an aromatic ring is 1. The first-order valence-electron chi connectivity index (χ1n) is 5.68. The van der Waals surface area contributed by atoms with Crippen molar-refractivity contribution in [2.24, 2.45) is 0 Å². The molecule has 1 saturated carbocycles. The number of hydrogen-bond acceptors (Lipinski definition) is 6. The molecule has 1 aliphatic carbocycles. The summed E-state index contributed by atoms with van der Waals surface area (Å²) in [5.41, 5.74) is 6.86. The molecule has 1 heterocycles. The first kappa shape index (κ1) is 12.6. The zero-order chi connectivity index (χ0) is 13.4. The summed E-state index contributed by atoms with van der Waals surface area (Å²) in [6.07, 6.45) is 2.32. The van der Waals surface area contributed by atoms with E-state index in [1.807, 2.05) is 0 Å². The van der Waals surface area contributed by atoms with E-state index in [2.05, 4.69) is 38.0 Å². The third kappa shape index (κ3) is 2.64. The van der Waals surface area contributed by atoms with Crippen molar-refractivity contribution in [3.8, 4) is 17.0 Å². The van der Waals surface area contributed by atoms with Crippen LogP contribution in [0.25, 0.3) is 0 Å². The van der Waals surface area contributed by atoms with Gasteiger partial charge in [-0.3, -0.25) is 0 Å². The fourth-order valence-corrected chi connectivity index (χ4v) is 3.02. The Balaban J connectivity index is 1.87. The van der Waals surface area contributed by atoms with Crippen LogP contribution < -0.4 is 10.5 Å². The second-order valence-corrected chi connectivity index (χ2v) is 6.16. The summed E-state index contributed by atoms with van der Waals surface area (Å²) in [4.78, 5) is 4.35. The number of ether oxygens (including phenoxy) is 1. The van der Waals surface area contributed by atoms with Crippen molar-refractivity contribution >= 4 is 39.8 Å². The van der Waals surface area contributed by atoms with Gasteiger partial charge in [0.15, 0.2) is 5.75 Å². The highest BCUT2D eigenvalue weighted by Crippen LogP contribution is 2.41. The zero-order valence-electron chi connectivity index (χ0n) is 9.76. The van der Waals surface area contributed by atoms with Crippen LogP contribution in [0.5, 0.6) is 10.9 Å². The monoisotopic (exact) mass is 384 g/mol. The van der Waals surface area contributed by atoms with Crippen LogP contribution >= 0.6 is 34.1 Å². The minimum absolute atomic E-state index is 0.437. The summed E-state index contributed by atoms with van der Waals surface area (Å²) in [5, 5.41) is 9.36. The molecule has 1 aromatic carbocycles. The molecule has 0 atom stereocenters. The molecular weight excluding hydrogens is 375 g/mol. The zero-order valence-corrected chi connectivity index (χ0v) is 12.7. The molecule has 1 aromatic heterocycles. The first-order valence-corrected chi connectivity index (χ1v) is 7.53. The van der Waals surface area contributed by atoms with Gasteiger partial charge in [-0.2, -0.15) is 14.6 Å². The van der Waals surface area contributed by atoms with E-state index in [1.54, 1.807) is 12.1 Å². The van der Waals surface area contributed by atoms with E-state index in [9.17, 15) is 0 Å². The van der Waals surface area contributed by atoms with E-state index in [-0.39, 0.29) is 0 Å². The Morgan fingerprint density at radius 1 is 1.47 bits per heavy atom. The SMILES string of the molecule is N#Cc1cc(N)c(Oc2nc(C3CC3)ns2)c(I)c1. The van der Waals surface area contributed by atoms with Gasteiger partial charge in [0.25, 0.3) is 5.19 Å². The molecule has 0 saturated heterocycles. The van der Waals surface area contributed by atoms with Crippen molar-refractivity contribution < 1.29 is 4.74 Å². The largest absolute Gasteiger partial charge is 0.426 e. The summed E-state index contributed by atoms with van der Waals surface area (Å²) in [6, 6.07) is 5.39. The Labute approximate surface area is 127 Å². The van der Waals surface area contributed by atoms with Gasteiger partial charge < -0.3 is 10.5 Å². The van der Waals surface area contributed by atoms with Crippen molar-refractivity contribution in [1.29, 1.82) is 5.26 Å². The third-order valence-corrected chi connectivity index (χ3v) is 4.17. The van der Waals surface area contributed by atoms with Gasteiger partial charge in [0, 0.05) is 17.5 Å². The van der Waals surface area contributed by atoms with Crippen molar-refractivity contribution in [3.05, 3.63) is 27.1 Å². The average molecular weight is 384 g/mol. The van der Waals surface area contributed by atoms with Crippen LogP contribution in [-0.2, 0) is 0 Å². The standard InChI is InChI=1S/C12H9IN4OS/c13-8-3-6(5-14)4-9(15)10(8)18-12-16-11(17-19-12)7-1-2-7/h3-4,7H,1-2,15H2. The molecule has 0 unspecified atom stereocenters. The van der Waals surface area contributed by atoms with Gasteiger partial charge >= 0.3 is 0 Å². The summed E-state index contributed by atoms with van der Waals surface area (Å²) in [6.45, 7) is 0.